The molecule has 2 aromatic heterocycles. The molecule has 0 radical (unpaired) electrons. The minimum Gasteiger partial charge on any atom is -0.444 e. The molecule has 0 unspecified atom stereocenters. The zero-order valence-electron chi connectivity index (χ0n) is 15.4. The summed E-state index contributed by atoms with van der Waals surface area (Å²) in [5, 5.41) is 6.68. The topological polar surface area (TPSA) is 60.9 Å². The molecule has 5 rings (SSSR count). The summed E-state index contributed by atoms with van der Waals surface area (Å²) < 4.78 is 7.72. The molecule has 7 heteroatoms. The summed E-state index contributed by atoms with van der Waals surface area (Å²) in [5.74, 6) is 0.646. The second kappa shape index (κ2) is 7.55. The average Bonchev–Trinajstić information content (AvgIpc) is 3.30. The van der Waals surface area contributed by atoms with Crippen molar-refractivity contribution >= 4 is 38.3 Å². The van der Waals surface area contributed by atoms with Crippen LogP contribution in [0.4, 0.5) is 0 Å². The Bertz CT molecular complexity index is 1430. The molecule has 0 spiro atoms. The van der Waals surface area contributed by atoms with Crippen molar-refractivity contribution in [2.45, 2.75) is 0 Å². The maximum absolute atomic E-state index is 13.2. The molecule has 146 valence electrons. The molecule has 0 amide bonds. The third-order valence-corrected chi connectivity index (χ3v) is 5.47. The van der Waals surface area contributed by atoms with E-state index in [9.17, 15) is 4.79 Å². The fourth-order valence-corrected chi connectivity index (χ4v) is 4.01. The van der Waals surface area contributed by atoms with Gasteiger partial charge in [0.2, 0.25) is 0 Å². The van der Waals surface area contributed by atoms with Crippen molar-refractivity contribution in [1.82, 2.24) is 14.8 Å². The normalized spacial score (nSPS) is 11.1. The van der Waals surface area contributed by atoms with Crippen LogP contribution < -0.4 is 5.56 Å². The van der Waals surface area contributed by atoms with Crippen LogP contribution in [0.25, 0.3) is 39.0 Å². The van der Waals surface area contributed by atoms with E-state index in [1.54, 1.807) is 30.5 Å². The van der Waals surface area contributed by atoms with E-state index in [1.807, 2.05) is 42.5 Å². The van der Waals surface area contributed by atoms with Gasteiger partial charge in [-0.05, 0) is 48.5 Å². The van der Waals surface area contributed by atoms with E-state index in [-0.39, 0.29) is 5.56 Å². The number of fused-ring (bicyclic) bond motifs is 1. The molecule has 0 aliphatic heterocycles. The highest BCUT2D eigenvalue weighted by Gasteiger charge is 2.15. The SMILES string of the molecule is O=c1c2ccccc2c(-c2cc(Br)cc(-c3cnco3)c2)nn1-c1ccc(Cl)cc1. The lowest BCUT2D eigenvalue weighted by Crippen LogP contribution is -2.22. The Kier molecular flexibility index (Phi) is 4.73. The smallest absolute Gasteiger partial charge is 0.279 e. The molecule has 0 saturated heterocycles. The molecular weight excluding hydrogens is 466 g/mol. The molecule has 3 aromatic carbocycles. The Morgan fingerprint density at radius 1 is 0.933 bits per heavy atom. The van der Waals surface area contributed by atoms with Crippen molar-refractivity contribution in [3.8, 4) is 28.3 Å². The Balaban J connectivity index is 1.80. The highest BCUT2D eigenvalue weighted by Crippen LogP contribution is 2.32. The predicted molar refractivity (Wildman–Crippen MR) is 121 cm³/mol. The van der Waals surface area contributed by atoms with Gasteiger partial charge in [-0.2, -0.15) is 9.78 Å². The maximum atomic E-state index is 13.2. The lowest BCUT2D eigenvalue weighted by Gasteiger charge is -2.12. The molecule has 30 heavy (non-hydrogen) atoms. The van der Waals surface area contributed by atoms with Crippen molar-refractivity contribution in [3.63, 3.8) is 0 Å². The van der Waals surface area contributed by atoms with Gasteiger partial charge in [0.1, 0.15) is 0 Å². The molecule has 0 saturated carbocycles. The number of oxazole rings is 1. The molecule has 0 atom stereocenters. The molecule has 0 bridgehead atoms. The van der Waals surface area contributed by atoms with E-state index in [1.165, 1.54) is 11.1 Å². The molecule has 0 fully saturated rings. The standard InChI is InChI=1S/C23H13BrClN3O2/c24-16-10-14(21-12-26-13-30-21)9-15(11-16)22-19-3-1-2-4-20(19)23(29)28(27-22)18-7-5-17(25)6-8-18/h1-13H. The number of halogens is 2. The number of benzene rings is 3. The van der Waals surface area contributed by atoms with Gasteiger partial charge in [0.15, 0.2) is 12.2 Å². The predicted octanol–water partition coefficient (Wildman–Crippen LogP) is 6.12. The van der Waals surface area contributed by atoms with Crippen molar-refractivity contribution in [1.29, 1.82) is 0 Å². The highest BCUT2D eigenvalue weighted by atomic mass is 79.9. The van der Waals surface area contributed by atoms with Crippen molar-refractivity contribution in [3.05, 3.63) is 99.2 Å². The summed E-state index contributed by atoms with van der Waals surface area (Å²) in [4.78, 5) is 17.2. The summed E-state index contributed by atoms with van der Waals surface area (Å²) >= 11 is 9.59. The van der Waals surface area contributed by atoms with Crippen LogP contribution in [0.2, 0.25) is 5.02 Å². The Hall–Kier alpha value is -3.22. The molecular formula is C23H13BrClN3O2. The first-order chi connectivity index (χ1) is 14.6. The van der Waals surface area contributed by atoms with Crippen LogP contribution in [0, 0.1) is 0 Å². The van der Waals surface area contributed by atoms with Gasteiger partial charge in [0.05, 0.1) is 23.0 Å². The fraction of sp³-hybridized carbons (Fsp3) is 0. The van der Waals surface area contributed by atoms with Gasteiger partial charge >= 0.3 is 0 Å². The van der Waals surface area contributed by atoms with Gasteiger partial charge in [-0.25, -0.2) is 4.98 Å². The van der Waals surface area contributed by atoms with Crippen LogP contribution in [0.1, 0.15) is 0 Å². The first kappa shape index (κ1) is 18.8. The lowest BCUT2D eigenvalue weighted by atomic mass is 10.0. The summed E-state index contributed by atoms with van der Waals surface area (Å²) in [6.45, 7) is 0. The zero-order chi connectivity index (χ0) is 20.7. The molecule has 5 nitrogen and oxygen atoms in total. The maximum Gasteiger partial charge on any atom is 0.279 e. The monoisotopic (exact) mass is 477 g/mol. The van der Waals surface area contributed by atoms with E-state index in [0.717, 1.165) is 21.0 Å². The second-order valence-electron chi connectivity index (χ2n) is 6.68. The Morgan fingerprint density at radius 2 is 1.67 bits per heavy atom. The molecule has 2 heterocycles. The van der Waals surface area contributed by atoms with Crippen molar-refractivity contribution < 1.29 is 4.42 Å². The van der Waals surface area contributed by atoms with Gasteiger partial charge < -0.3 is 4.42 Å². The van der Waals surface area contributed by atoms with E-state index in [4.69, 9.17) is 21.1 Å². The number of hydrogen-bond acceptors (Lipinski definition) is 4. The molecule has 0 aliphatic carbocycles. The van der Waals surface area contributed by atoms with E-state index in [2.05, 4.69) is 20.9 Å². The number of aromatic nitrogens is 3. The van der Waals surface area contributed by atoms with Crippen LogP contribution in [0.3, 0.4) is 0 Å². The van der Waals surface area contributed by atoms with Crippen LogP contribution in [-0.4, -0.2) is 14.8 Å². The number of rotatable bonds is 3. The van der Waals surface area contributed by atoms with E-state index in [0.29, 0.717) is 27.6 Å². The molecule has 0 N–H and O–H groups in total. The fourth-order valence-electron chi connectivity index (χ4n) is 3.39. The van der Waals surface area contributed by atoms with Gasteiger partial charge in [-0.3, -0.25) is 4.79 Å². The number of nitrogens with zero attached hydrogens (tertiary/aromatic N) is 3. The summed E-state index contributed by atoms with van der Waals surface area (Å²) in [7, 11) is 0. The van der Waals surface area contributed by atoms with Gasteiger partial charge in [0, 0.05) is 26.0 Å². The first-order valence-electron chi connectivity index (χ1n) is 9.08. The number of hydrogen-bond donors (Lipinski definition) is 0. The van der Waals surface area contributed by atoms with Crippen molar-refractivity contribution in [2.24, 2.45) is 0 Å². The largest absolute Gasteiger partial charge is 0.444 e. The van der Waals surface area contributed by atoms with E-state index >= 15 is 0 Å². The van der Waals surface area contributed by atoms with Crippen molar-refractivity contribution in [2.75, 3.05) is 0 Å². The first-order valence-corrected chi connectivity index (χ1v) is 10.2. The second-order valence-corrected chi connectivity index (χ2v) is 8.03. The van der Waals surface area contributed by atoms with Crippen LogP contribution in [0.5, 0.6) is 0 Å². The van der Waals surface area contributed by atoms with Gasteiger partial charge in [-0.1, -0.05) is 45.7 Å². The van der Waals surface area contributed by atoms with Crippen LogP contribution in [-0.2, 0) is 0 Å². The zero-order valence-corrected chi connectivity index (χ0v) is 17.8. The summed E-state index contributed by atoms with van der Waals surface area (Å²) in [6, 6.07) is 20.4. The quantitative estimate of drug-likeness (QED) is 0.313. The molecule has 0 aliphatic rings. The van der Waals surface area contributed by atoms with Gasteiger partial charge in [-0.15, -0.1) is 0 Å². The summed E-state index contributed by atoms with van der Waals surface area (Å²) in [5.41, 5.74) is 2.83. The molecule has 5 aromatic rings. The third-order valence-electron chi connectivity index (χ3n) is 4.76. The van der Waals surface area contributed by atoms with E-state index < -0.39 is 0 Å². The summed E-state index contributed by atoms with van der Waals surface area (Å²) in [6.07, 6.45) is 3.05. The minimum absolute atomic E-state index is 0.192. The Labute approximate surface area is 184 Å². The lowest BCUT2D eigenvalue weighted by molar-refractivity contribution is 0.572. The van der Waals surface area contributed by atoms with Crippen LogP contribution >= 0.6 is 27.5 Å². The highest BCUT2D eigenvalue weighted by molar-refractivity contribution is 9.10. The van der Waals surface area contributed by atoms with Crippen LogP contribution in [0.15, 0.2) is 93.0 Å². The van der Waals surface area contributed by atoms with Gasteiger partial charge in [0.25, 0.3) is 5.56 Å². The third kappa shape index (κ3) is 3.34. The average molecular weight is 479 g/mol. The minimum atomic E-state index is -0.192. The Morgan fingerprint density at radius 3 is 2.40 bits per heavy atom.